The molecule has 2 saturated heterocycles. The van der Waals surface area contributed by atoms with Gasteiger partial charge in [-0.1, -0.05) is 60.7 Å². The number of carbonyl (C=O) groups excluding carboxylic acids is 2. The van der Waals surface area contributed by atoms with Crippen molar-refractivity contribution in [1.29, 1.82) is 0 Å². The van der Waals surface area contributed by atoms with Crippen LogP contribution in [0.25, 0.3) is 44.5 Å². The summed E-state index contributed by atoms with van der Waals surface area (Å²) in [6.45, 7) is 0.944. The van der Waals surface area contributed by atoms with Crippen molar-refractivity contribution >= 4 is 23.0 Å². The summed E-state index contributed by atoms with van der Waals surface area (Å²) in [5, 5.41) is 6.18. The van der Waals surface area contributed by atoms with E-state index in [0.717, 1.165) is 66.8 Å². The van der Waals surface area contributed by atoms with Crippen LogP contribution in [0.5, 0.6) is 0 Å². The first-order chi connectivity index (χ1) is 26.8. The lowest BCUT2D eigenvalue weighted by Crippen LogP contribution is -2.47. The molecule has 4 aromatic carbocycles. The maximum absolute atomic E-state index is 16.3. The van der Waals surface area contributed by atoms with E-state index in [0.29, 0.717) is 33.6 Å². The highest BCUT2D eigenvalue weighted by atomic mass is 19.3. The monoisotopic (exact) mass is 739 g/mol. The molecule has 2 aliphatic carbocycles. The molecule has 2 aromatic heterocycles. The number of alkyl halides is 2. The smallest absolute Gasteiger partial charge is 0.407 e. The van der Waals surface area contributed by atoms with Crippen LogP contribution in [-0.2, 0) is 15.5 Å². The first kappa shape index (κ1) is 33.7. The number of methoxy groups -OCH3 is 1. The second kappa shape index (κ2) is 12.9. The molecule has 12 heteroatoms. The Morgan fingerprint density at radius 3 is 2.40 bits per heavy atom. The van der Waals surface area contributed by atoms with Crippen molar-refractivity contribution < 1.29 is 23.1 Å². The Kier molecular flexibility index (Phi) is 7.88. The molecule has 10 rings (SSSR count). The number of amides is 2. The first-order valence-corrected chi connectivity index (χ1v) is 18.9. The zero-order valence-corrected chi connectivity index (χ0v) is 30.1. The van der Waals surface area contributed by atoms with Crippen molar-refractivity contribution in [2.24, 2.45) is 5.92 Å². The third-order valence-corrected chi connectivity index (χ3v) is 12.1. The summed E-state index contributed by atoms with van der Waals surface area (Å²) >= 11 is 0. The molecule has 55 heavy (non-hydrogen) atoms. The van der Waals surface area contributed by atoms with Crippen molar-refractivity contribution in [3.63, 3.8) is 0 Å². The van der Waals surface area contributed by atoms with E-state index in [1.54, 1.807) is 30.5 Å². The number of nitrogens with zero attached hydrogens (tertiary/aromatic N) is 3. The standard InChI is InChI=1S/C43H39F2N7O3/c1-55-42(54)51-37(23-6-3-2-4-7-23)41(53)52-28-13-9-27(18-28)38(52)40-48-33-16-12-25(21-35(33)49-40)24-10-14-29-30-15-11-26(20-32(30)43(44,45)31(29)19-24)36-22-47-39(50-36)34-8-5-17-46-34/h2-4,6-7,10-12,14-16,19-22,27-28,34,37-38,46H,5,8-9,13,17-18H2,1H3,(H,47,50)(H,48,49)(H,51,54)/t27?,28?,34-,37+,38-/m0/s1. The van der Waals surface area contributed by atoms with Gasteiger partial charge in [-0.3, -0.25) is 4.79 Å². The number of rotatable bonds is 7. The fraction of sp³-hybridized carbons (Fsp3) is 0.302. The maximum Gasteiger partial charge on any atom is 0.407 e. The number of piperidine rings is 1. The summed E-state index contributed by atoms with van der Waals surface area (Å²) in [6, 6.07) is 24.4. The van der Waals surface area contributed by atoms with E-state index >= 15 is 8.78 Å². The van der Waals surface area contributed by atoms with Gasteiger partial charge in [-0.2, -0.15) is 8.78 Å². The fourth-order valence-corrected chi connectivity index (χ4v) is 9.41. The first-order valence-electron chi connectivity index (χ1n) is 18.9. The van der Waals surface area contributed by atoms with Gasteiger partial charge in [-0.15, -0.1) is 0 Å². The van der Waals surface area contributed by atoms with Crippen LogP contribution in [0.15, 0.2) is 91.1 Å². The maximum atomic E-state index is 16.3. The van der Waals surface area contributed by atoms with Crippen molar-refractivity contribution in [2.45, 2.75) is 62.2 Å². The van der Waals surface area contributed by atoms with Gasteiger partial charge in [0.05, 0.1) is 42.1 Å². The fourth-order valence-electron chi connectivity index (χ4n) is 9.41. The number of nitrogens with one attached hydrogen (secondary N) is 4. The number of alkyl carbamates (subject to hydrolysis) is 1. The summed E-state index contributed by atoms with van der Waals surface area (Å²) in [5.74, 6) is -1.68. The minimum Gasteiger partial charge on any atom is -0.453 e. The van der Waals surface area contributed by atoms with Crippen molar-refractivity contribution in [3.8, 4) is 33.5 Å². The molecule has 2 bridgehead atoms. The summed E-state index contributed by atoms with van der Waals surface area (Å²) in [6.07, 6.45) is 5.83. The number of hydrogen-bond donors (Lipinski definition) is 4. The Morgan fingerprint density at radius 2 is 1.64 bits per heavy atom. The Labute approximate surface area is 315 Å². The zero-order chi connectivity index (χ0) is 37.4. The molecule has 2 unspecified atom stereocenters. The lowest BCUT2D eigenvalue weighted by atomic mass is 9.96. The topological polar surface area (TPSA) is 128 Å². The molecule has 0 radical (unpaired) electrons. The van der Waals surface area contributed by atoms with Crippen LogP contribution in [0.1, 0.15) is 78.6 Å². The van der Waals surface area contributed by atoms with E-state index in [1.807, 2.05) is 65.6 Å². The number of imidazole rings is 2. The highest BCUT2D eigenvalue weighted by Gasteiger charge is 2.51. The van der Waals surface area contributed by atoms with Crippen LogP contribution >= 0.6 is 0 Å². The molecule has 2 amide bonds. The number of likely N-dealkylation sites (tertiary alicyclic amines) is 1. The molecule has 0 spiro atoms. The van der Waals surface area contributed by atoms with Gasteiger partial charge in [-0.25, -0.2) is 14.8 Å². The van der Waals surface area contributed by atoms with Crippen molar-refractivity contribution in [2.75, 3.05) is 13.7 Å². The van der Waals surface area contributed by atoms with Gasteiger partial charge in [0, 0.05) is 22.7 Å². The van der Waals surface area contributed by atoms with E-state index in [1.165, 1.54) is 7.11 Å². The van der Waals surface area contributed by atoms with E-state index in [9.17, 15) is 9.59 Å². The second-order valence-electron chi connectivity index (χ2n) is 15.2. The Balaban J connectivity index is 0.940. The number of aromatic amines is 2. The van der Waals surface area contributed by atoms with Crippen molar-refractivity contribution in [1.82, 2.24) is 35.5 Å². The van der Waals surface area contributed by atoms with Gasteiger partial charge in [0.1, 0.15) is 17.7 Å². The average molecular weight is 740 g/mol. The summed E-state index contributed by atoms with van der Waals surface area (Å²) in [4.78, 5) is 45.0. The number of carbonyl (C=O) groups is 2. The molecule has 3 fully saturated rings. The predicted octanol–water partition coefficient (Wildman–Crippen LogP) is 8.31. The van der Waals surface area contributed by atoms with Gasteiger partial charge in [0.25, 0.3) is 11.8 Å². The normalized spacial score (nSPS) is 22.5. The zero-order valence-electron chi connectivity index (χ0n) is 30.1. The predicted molar refractivity (Wildman–Crippen MR) is 203 cm³/mol. The number of H-pyrrole nitrogens is 2. The molecule has 1 saturated carbocycles. The summed E-state index contributed by atoms with van der Waals surface area (Å²) in [7, 11) is 1.28. The van der Waals surface area contributed by atoms with Crippen LogP contribution in [0.2, 0.25) is 0 Å². The van der Waals surface area contributed by atoms with E-state index < -0.39 is 18.1 Å². The highest BCUT2D eigenvalue weighted by Crippen LogP contribution is 2.53. The Bertz CT molecular complexity index is 2470. The lowest BCUT2D eigenvalue weighted by molar-refractivity contribution is -0.138. The molecule has 5 atom stereocenters. The Hall–Kier alpha value is -5.88. The van der Waals surface area contributed by atoms with Gasteiger partial charge >= 0.3 is 6.09 Å². The SMILES string of the molecule is COC(=O)N[C@@H](C(=O)N1C2CCC(C2)[C@H]1c1nc2ccc(-c3ccc4c(c3)C(F)(F)c3cc(-c5cnc([C@@H]6CCCN6)[nH]5)ccc3-4)cc2[nH]1)c1ccccc1. The number of fused-ring (bicyclic) bond motifs is 6. The third kappa shape index (κ3) is 5.52. The number of hydrogen-bond acceptors (Lipinski definition) is 6. The van der Waals surface area contributed by atoms with E-state index in [4.69, 9.17) is 9.72 Å². The van der Waals surface area contributed by atoms with Crippen LogP contribution < -0.4 is 10.6 Å². The number of halogens is 2. The van der Waals surface area contributed by atoms with E-state index in [2.05, 4.69) is 25.6 Å². The molecule has 278 valence electrons. The minimum atomic E-state index is -3.18. The largest absolute Gasteiger partial charge is 0.453 e. The molecule has 10 nitrogen and oxygen atoms in total. The quantitative estimate of drug-likeness (QED) is 0.130. The molecule has 4 aliphatic rings. The molecular weight excluding hydrogens is 701 g/mol. The van der Waals surface area contributed by atoms with Gasteiger partial charge < -0.3 is 30.2 Å². The molecule has 2 aliphatic heterocycles. The molecule has 4 N–H and O–H groups in total. The lowest BCUT2D eigenvalue weighted by Gasteiger charge is -2.36. The Morgan fingerprint density at radius 1 is 0.891 bits per heavy atom. The number of aromatic nitrogens is 4. The van der Waals surface area contributed by atoms with Crippen LogP contribution in [0, 0.1) is 5.92 Å². The van der Waals surface area contributed by atoms with Gasteiger partial charge in [0.15, 0.2) is 0 Å². The van der Waals surface area contributed by atoms with Gasteiger partial charge in [0.2, 0.25) is 0 Å². The van der Waals surface area contributed by atoms with E-state index in [-0.39, 0.29) is 41.1 Å². The van der Waals surface area contributed by atoms with Gasteiger partial charge in [-0.05, 0) is 96.6 Å². The third-order valence-electron chi connectivity index (χ3n) is 12.1. The number of benzene rings is 4. The highest BCUT2D eigenvalue weighted by molar-refractivity contribution is 5.89. The molecule has 4 heterocycles. The molecule has 6 aromatic rings. The molecular formula is C43H39F2N7O3. The van der Waals surface area contributed by atoms with Crippen molar-refractivity contribution in [3.05, 3.63) is 119 Å². The van der Waals surface area contributed by atoms with Crippen LogP contribution in [-0.4, -0.2) is 56.5 Å². The van der Waals surface area contributed by atoms with Crippen LogP contribution in [0.4, 0.5) is 13.6 Å². The summed E-state index contributed by atoms with van der Waals surface area (Å²) in [5.41, 5.74) is 6.00. The number of ether oxygens (including phenoxy) is 1. The minimum absolute atomic E-state index is 0.0118. The second-order valence-corrected chi connectivity index (χ2v) is 15.2. The average Bonchev–Trinajstić information content (AvgIpc) is 4.08. The summed E-state index contributed by atoms with van der Waals surface area (Å²) < 4.78 is 37.5. The van der Waals surface area contributed by atoms with Crippen LogP contribution in [0.3, 0.4) is 0 Å².